The van der Waals surface area contributed by atoms with E-state index in [4.69, 9.17) is 16.3 Å². The highest BCUT2D eigenvalue weighted by molar-refractivity contribution is 6.30. The van der Waals surface area contributed by atoms with E-state index in [2.05, 4.69) is 5.32 Å². The Labute approximate surface area is 112 Å². The van der Waals surface area contributed by atoms with Crippen LogP contribution in [0.2, 0.25) is 5.02 Å². The summed E-state index contributed by atoms with van der Waals surface area (Å²) in [6.45, 7) is 2.32. The lowest BCUT2D eigenvalue weighted by Gasteiger charge is -2.23. The van der Waals surface area contributed by atoms with Gasteiger partial charge in [-0.15, -0.1) is 0 Å². The molecule has 0 unspecified atom stereocenters. The smallest absolute Gasteiger partial charge is 0.132 e. The third kappa shape index (κ3) is 3.44. The van der Waals surface area contributed by atoms with Crippen LogP contribution in [0.5, 0.6) is 0 Å². The molecule has 1 aliphatic heterocycles. The Morgan fingerprint density at radius 2 is 2.00 bits per heavy atom. The first-order valence-electron chi connectivity index (χ1n) is 6.37. The fourth-order valence-corrected chi connectivity index (χ4v) is 2.78. The van der Waals surface area contributed by atoms with Gasteiger partial charge < -0.3 is 10.1 Å². The summed E-state index contributed by atoms with van der Waals surface area (Å²) in [6.07, 6.45) is 2.97. The zero-order valence-corrected chi connectivity index (χ0v) is 11.4. The number of ether oxygens (including phenoxy) is 1. The topological polar surface area (TPSA) is 21.3 Å². The summed E-state index contributed by atoms with van der Waals surface area (Å²) >= 11 is 6.04. The van der Waals surface area contributed by atoms with Crippen LogP contribution >= 0.6 is 11.6 Å². The fraction of sp³-hybridized carbons (Fsp3) is 0.571. The molecule has 0 spiro atoms. The summed E-state index contributed by atoms with van der Waals surface area (Å²) in [4.78, 5) is 0. The lowest BCUT2D eigenvalue weighted by molar-refractivity contribution is 0.181. The van der Waals surface area contributed by atoms with Crippen LogP contribution in [0, 0.1) is 11.7 Å². The first-order valence-corrected chi connectivity index (χ1v) is 6.75. The minimum Gasteiger partial charge on any atom is -0.380 e. The van der Waals surface area contributed by atoms with E-state index in [0.29, 0.717) is 16.5 Å². The zero-order chi connectivity index (χ0) is 13.0. The summed E-state index contributed by atoms with van der Waals surface area (Å²) in [7, 11) is 1.56. The van der Waals surface area contributed by atoms with E-state index >= 15 is 0 Å². The average Bonchev–Trinajstić information content (AvgIpc) is 2.36. The second-order valence-electron chi connectivity index (χ2n) is 4.87. The number of hydrogen-bond acceptors (Lipinski definition) is 2. The van der Waals surface area contributed by atoms with Crippen molar-refractivity contribution in [2.45, 2.75) is 25.9 Å². The maximum absolute atomic E-state index is 14.2. The maximum atomic E-state index is 14.2. The molecule has 0 bridgehead atoms. The first-order chi connectivity index (χ1) is 8.70. The zero-order valence-electron chi connectivity index (χ0n) is 10.6. The van der Waals surface area contributed by atoms with Gasteiger partial charge in [0.15, 0.2) is 0 Å². The van der Waals surface area contributed by atoms with Crippen LogP contribution in [0.3, 0.4) is 0 Å². The summed E-state index contributed by atoms with van der Waals surface area (Å²) in [5, 5.41) is 3.91. The molecule has 1 fully saturated rings. The van der Waals surface area contributed by atoms with E-state index < -0.39 is 0 Å². The molecule has 1 aromatic carbocycles. The van der Waals surface area contributed by atoms with Gasteiger partial charge in [0.2, 0.25) is 0 Å². The molecule has 0 aromatic heterocycles. The van der Waals surface area contributed by atoms with Crippen LogP contribution in [0.15, 0.2) is 12.1 Å². The van der Waals surface area contributed by atoms with E-state index in [1.165, 1.54) is 0 Å². The van der Waals surface area contributed by atoms with Gasteiger partial charge in [-0.1, -0.05) is 11.6 Å². The molecule has 0 atom stereocenters. The van der Waals surface area contributed by atoms with Gasteiger partial charge in [-0.3, -0.25) is 0 Å². The highest BCUT2D eigenvalue weighted by Gasteiger charge is 2.17. The Morgan fingerprint density at radius 3 is 2.67 bits per heavy atom. The largest absolute Gasteiger partial charge is 0.380 e. The third-order valence-corrected chi connectivity index (χ3v) is 3.67. The van der Waals surface area contributed by atoms with Gasteiger partial charge in [0.1, 0.15) is 5.82 Å². The van der Waals surface area contributed by atoms with Crippen LogP contribution in [0.1, 0.15) is 24.0 Å². The van der Waals surface area contributed by atoms with Crippen LogP contribution in [0.4, 0.5) is 4.39 Å². The summed E-state index contributed by atoms with van der Waals surface area (Å²) in [6, 6.07) is 3.39. The van der Waals surface area contributed by atoms with Gasteiger partial charge in [-0.25, -0.2) is 4.39 Å². The summed E-state index contributed by atoms with van der Waals surface area (Å²) < 4.78 is 19.2. The molecule has 1 aliphatic rings. The molecular weight excluding hydrogens is 253 g/mol. The van der Waals surface area contributed by atoms with Gasteiger partial charge in [0.25, 0.3) is 0 Å². The molecule has 2 nitrogen and oxygen atoms in total. The molecule has 0 amide bonds. The Morgan fingerprint density at radius 1 is 1.33 bits per heavy atom. The van der Waals surface area contributed by atoms with E-state index in [1.54, 1.807) is 19.2 Å². The summed E-state index contributed by atoms with van der Waals surface area (Å²) in [5.74, 6) is 0.398. The molecule has 1 aromatic rings. The van der Waals surface area contributed by atoms with Crippen LogP contribution in [-0.2, 0) is 17.8 Å². The molecule has 1 N–H and O–H groups in total. The number of nitrogens with one attached hydrogen (secondary N) is 1. The van der Waals surface area contributed by atoms with Gasteiger partial charge in [-0.2, -0.15) is 0 Å². The fourth-order valence-electron chi connectivity index (χ4n) is 2.51. The Bertz CT molecular complexity index is 405. The predicted molar refractivity (Wildman–Crippen MR) is 71.4 cm³/mol. The van der Waals surface area contributed by atoms with Crippen molar-refractivity contribution in [3.05, 3.63) is 34.1 Å². The van der Waals surface area contributed by atoms with Crippen molar-refractivity contribution >= 4 is 11.6 Å². The van der Waals surface area contributed by atoms with Crippen LogP contribution in [-0.4, -0.2) is 20.2 Å². The summed E-state index contributed by atoms with van der Waals surface area (Å²) in [5.41, 5.74) is 1.27. The Balaban J connectivity index is 2.15. The quantitative estimate of drug-likeness (QED) is 0.908. The number of halogens is 2. The number of methoxy groups -OCH3 is 1. The minimum atomic E-state index is -0.153. The Hall–Kier alpha value is -0.640. The first kappa shape index (κ1) is 13.8. The molecule has 0 saturated carbocycles. The molecule has 18 heavy (non-hydrogen) atoms. The highest BCUT2D eigenvalue weighted by Crippen LogP contribution is 2.25. The Kier molecular flexibility index (Phi) is 4.98. The predicted octanol–water partition coefficient (Wildman–Crippen LogP) is 3.17. The average molecular weight is 272 g/mol. The van der Waals surface area contributed by atoms with Crippen molar-refractivity contribution < 1.29 is 9.13 Å². The van der Waals surface area contributed by atoms with Crippen molar-refractivity contribution in [2.75, 3.05) is 20.2 Å². The normalized spacial score (nSPS) is 17.1. The maximum Gasteiger partial charge on any atom is 0.132 e. The van der Waals surface area contributed by atoms with Crippen molar-refractivity contribution in [2.24, 2.45) is 5.92 Å². The van der Waals surface area contributed by atoms with Gasteiger partial charge >= 0.3 is 0 Å². The molecule has 100 valence electrons. The number of hydrogen-bond donors (Lipinski definition) is 1. The van der Waals surface area contributed by atoms with E-state index in [-0.39, 0.29) is 12.4 Å². The van der Waals surface area contributed by atoms with Crippen LogP contribution in [0.25, 0.3) is 0 Å². The van der Waals surface area contributed by atoms with Crippen molar-refractivity contribution in [1.29, 1.82) is 0 Å². The lowest BCUT2D eigenvalue weighted by Crippen LogP contribution is -2.28. The molecular formula is C14H19ClFNO. The number of rotatable bonds is 4. The second-order valence-corrected chi connectivity index (χ2v) is 5.30. The van der Waals surface area contributed by atoms with Crippen molar-refractivity contribution in [3.8, 4) is 0 Å². The minimum absolute atomic E-state index is 0.153. The van der Waals surface area contributed by atoms with Crippen molar-refractivity contribution in [1.82, 2.24) is 5.32 Å². The van der Waals surface area contributed by atoms with E-state index in [1.807, 2.05) is 0 Å². The lowest BCUT2D eigenvalue weighted by atomic mass is 9.90. The molecule has 0 radical (unpaired) electrons. The highest BCUT2D eigenvalue weighted by atomic mass is 35.5. The van der Waals surface area contributed by atoms with Crippen LogP contribution < -0.4 is 5.32 Å². The molecule has 2 rings (SSSR count). The molecule has 4 heteroatoms. The van der Waals surface area contributed by atoms with Crippen molar-refractivity contribution in [3.63, 3.8) is 0 Å². The van der Waals surface area contributed by atoms with E-state index in [9.17, 15) is 4.39 Å². The van der Waals surface area contributed by atoms with E-state index in [0.717, 1.165) is 37.9 Å². The molecule has 0 aliphatic carbocycles. The second kappa shape index (κ2) is 6.50. The molecule has 1 heterocycles. The van der Waals surface area contributed by atoms with Gasteiger partial charge in [0.05, 0.1) is 6.61 Å². The standard InChI is InChI=1S/C14H19ClFNO/c1-18-9-12-8-13(15)7-11(14(12)16)6-10-2-4-17-5-3-10/h7-8,10,17H,2-6,9H2,1H3. The third-order valence-electron chi connectivity index (χ3n) is 3.46. The number of benzene rings is 1. The monoisotopic (exact) mass is 271 g/mol. The molecule has 1 saturated heterocycles. The number of piperidine rings is 1. The van der Waals surface area contributed by atoms with Gasteiger partial charge in [-0.05, 0) is 56.0 Å². The SMILES string of the molecule is COCc1cc(Cl)cc(CC2CCNCC2)c1F. The van der Waals surface area contributed by atoms with Gasteiger partial charge in [0, 0.05) is 17.7 Å².